The summed E-state index contributed by atoms with van der Waals surface area (Å²) in [6.07, 6.45) is -1.32. The van der Waals surface area contributed by atoms with E-state index in [9.17, 15) is 18.5 Å². The summed E-state index contributed by atoms with van der Waals surface area (Å²) in [5.41, 5.74) is 0.311. The molecule has 0 aromatic heterocycles. The zero-order chi connectivity index (χ0) is 16.2. The van der Waals surface area contributed by atoms with Crippen molar-refractivity contribution in [1.29, 1.82) is 0 Å². The summed E-state index contributed by atoms with van der Waals surface area (Å²) in [7, 11) is -2.86. The van der Waals surface area contributed by atoms with Crippen LogP contribution in [0.2, 0.25) is 0 Å². The molecule has 0 saturated carbocycles. The highest BCUT2D eigenvalue weighted by Gasteiger charge is 2.25. The molecule has 0 aliphatic carbocycles. The van der Waals surface area contributed by atoms with E-state index in [1.807, 2.05) is 0 Å². The van der Waals surface area contributed by atoms with Gasteiger partial charge in [0.2, 0.25) is 0 Å². The van der Waals surface area contributed by atoms with E-state index in [1.165, 1.54) is 24.3 Å². The smallest absolute Gasteiger partial charge is 0.253 e. The maximum absolute atomic E-state index is 12.9. The van der Waals surface area contributed by atoms with Crippen LogP contribution in [-0.2, 0) is 14.5 Å². The number of amides is 1. The number of carbonyl (C=O) groups is 1. The lowest BCUT2D eigenvalue weighted by atomic mass is 10.0. The Morgan fingerprint density at radius 3 is 2.33 bits per heavy atom. The molecule has 0 aliphatic rings. The Bertz CT molecular complexity index is 593. The number of halogens is 3. The van der Waals surface area contributed by atoms with Crippen molar-refractivity contribution < 1.29 is 18.5 Å². The van der Waals surface area contributed by atoms with Gasteiger partial charge in [-0.15, -0.1) is 0 Å². The highest BCUT2D eigenvalue weighted by atomic mass is 35.5. The molecule has 0 saturated heterocycles. The van der Waals surface area contributed by atoms with Gasteiger partial charge >= 0.3 is 0 Å². The van der Waals surface area contributed by atoms with Crippen LogP contribution in [0.1, 0.15) is 11.7 Å². The second-order valence-corrected chi connectivity index (χ2v) is 7.33. The van der Waals surface area contributed by atoms with Crippen LogP contribution in [-0.4, -0.2) is 38.6 Å². The second kappa shape index (κ2) is 7.42. The molecular formula is C12H15Cl2FN2O3S. The number of nitrogens with two attached hydrogens (primary N) is 1. The molecule has 0 heterocycles. The monoisotopic (exact) mass is 356 g/mol. The second-order valence-electron chi connectivity index (χ2n) is 4.31. The first-order valence-corrected chi connectivity index (χ1v) is 8.40. The SMILES string of the molecule is C=S(N)(=O)c1ccc(C(O)C(CF)NC(=O)C(Cl)Cl)cc1. The van der Waals surface area contributed by atoms with E-state index in [-0.39, 0.29) is 0 Å². The van der Waals surface area contributed by atoms with Gasteiger partial charge in [0.15, 0.2) is 4.84 Å². The fraction of sp³-hybridized carbons (Fsp3) is 0.333. The molecule has 0 aliphatic heterocycles. The molecule has 1 aromatic carbocycles. The van der Waals surface area contributed by atoms with Crippen LogP contribution in [0, 0.1) is 0 Å². The van der Waals surface area contributed by atoms with Crippen LogP contribution < -0.4 is 10.5 Å². The minimum atomic E-state index is -2.86. The number of aliphatic hydroxyl groups is 1. The van der Waals surface area contributed by atoms with Crippen molar-refractivity contribution in [3.05, 3.63) is 29.8 Å². The first-order chi connectivity index (χ1) is 9.66. The molecule has 3 unspecified atom stereocenters. The van der Waals surface area contributed by atoms with Crippen LogP contribution in [0.3, 0.4) is 0 Å². The van der Waals surface area contributed by atoms with Crippen molar-refractivity contribution in [2.75, 3.05) is 6.67 Å². The topological polar surface area (TPSA) is 92.4 Å². The fourth-order valence-corrected chi connectivity index (χ4v) is 2.30. The van der Waals surface area contributed by atoms with Crippen LogP contribution >= 0.6 is 23.2 Å². The van der Waals surface area contributed by atoms with Gasteiger partial charge in [0.25, 0.3) is 5.91 Å². The molecule has 5 nitrogen and oxygen atoms in total. The fourth-order valence-electron chi connectivity index (χ4n) is 1.58. The molecule has 0 radical (unpaired) electrons. The van der Waals surface area contributed by atoms with Gasteiger partial charge < -0.3 is 10.4 Å². The number of aliphatic hydroxyl groups excluding tert-OH is 1. The molecule has 1 amide bonds. The molecular weight excluding hydrogens is 342 g/mol. The molecule has 3 atom stereocenters. The minimum absolute atomic E-state index is 0.292. The maximum Gasteiger partial charge on any atom is 0.253 e. The lowest BCUT2D eigenvalue weighted by Gasteiger charge is -2.22. The number of rotatable bonds is 6. The summed E-state index contributed by atoms with van der Waals surface area (Å²) in [6.45, 7) is -1.02. The average molecular weight is 357 g/mol. The van der Waals surface area contributed by atoms with Crippen LogP contribution in [0.25, 0.3) is 0 Å². The van der Waals surface area contributed by atoms with Gasteiger partial charge in [-0.3, -0.25) is 9.93 Å². The number of nitrogens with one attached hydrogen (secondary N) is 1. The summed E-state index contributed by atoms with van der Waals surface area (Å²) < 4.78 is 24.5. The molecule has 118 valence electrons. The van der Waals surface area contributed by atoms with E-state index < -0.39 is 39.3 Å². The molecule has 1 rings (SSSR count). The molecule has 0 spiro atoms. The van der Waals surface area contributed by atoms with Gasteiger partial charge in [-0.05, 0) is 23.6 Å². The number of hydrogen-bond donors (Lipinski definition) is 3. The summed E-state index contributed by atoms with van der Waals surface area (Å²) in [5.74, 6) is 2.52. The highest BCUT2D eigenvalue weighted by Crippen LogP contribution is 2.20. The predicted octanol–water partition coefficient (Wildman–Crippen LogP) is 0.927. The predicted molar refractivity (Wildman–Crippen MR) is 82.5 cm³/mol. The lowest BCUT2D eigenvalue weighted by Crippen LogP contribution is -2.43. The molecule has 0 fully saturated rings. The van der Waals surface area contributed by atoms with E-state index in [2.05, 4.69) is 11.2 Å². The third kappa shape index (κ3) is 5.12. The van der Waals surface area contributed by atoms with Gasteiger partial charge in [0.05, 0.1) is 15.7 Å². The standard InChI is InChI=1S/C12H15Cl2FN2O3S/c1-21(16,20)8-4-2-7(3-5-8)10(18)9(6-15)17-12(19)11(13)14/h2-5,9-11,18H,1,6H2,(H2,16,20)(H,17,19). The first kappa shape index (κ1) is 18.2. The van der Waals surface area contributed by atoms with Crippen LogP contribution in [0.4, 0.5) is 4.39 Å². The third-order valence-corrected chi connectivity index (χ3v) is 4.16. The largest absolute Gasteiger partial charge is 0.386 e. The average Bonchev–Trinajstić information content (AvgIpc) is 2.42. The van der Waals surface area contributed by atoms with Gasteiger partial charge in [-0.2, -0.15) is 0 Å². The number of carbonyl (C=O) groups excluding carboxylic acids is 1. The summed E-state index contributed by atoms with van der Waals surface area (Å²) in [4.78, 5) is 10.3. The number of benzene rings is 1. The molecule has 0 bridgehead atoms. The van der Waals surface area contributed by atoms with Crippen molar-refractivity contribution in [1.82, 2.24) is 5.32 Å². The van der Waals surface area contributed by atoms with E-state index in [4.69, 9.17) is 28.3 Å². The van der Waals surface area contributed by atoms with E-state index >= 15 is 0 Å². The molecule has 9 heteroatoms. The van der Waals surface area contributed by atoms with Crippen molar-refractivity contribution in [3.8, 4) is 0 Å². The zero-order valence-corrected chi connectivity index (χ0v) is 13.2. The molecule has 4 N–H and O–H groups in total. The number of alkyl halides is 3. The van der Waals surface area contributed by atoms with E-state index in [1.54, 1.807) is 0 Å². The Hall–Kier alpha value is -0.860. The Labute approximate surface area is 132 Å². The quantitative estimate of drug-likeness (QED) is 0.522. The molecule has 21 heavy (non-hydrogen) atoms. The summed E-state index contributed by atoms with van der Waals surface area (Å²) in [6, 6.07) is 4.47. The van der Waals surface area contributed by atoms with Crippen molar-refractivity contribution in [2.24, 2.45) is 5.14 Å². The van der Waals surface area contributed by atoms with Crippen LogP contribution in [0.15, 0.2) is 29.2 Å². The van der Waals surface area contributed by atoms with Crippen molar-refractivity contribution in [2.45, 2.75) is 21.9 Å². The van der Waals surface area contributed by atoms with Crippen molar-refractivity contribution in [3.63, 3.8) is 0 Å². The van der Waals surface area contributed by atoms with E-state index in [0.29, 0.717) is 10.5 Å². The van der Waals surface area contributed by atoms with Crippen LogP contribution in [0.5, 0.6) is 0 Å². The Morgan fingerprint density at radius 1 is 1.43 bits per heavy atom. The lowest BCUT2D eigenvalue weighted by molar-refractivity contribution is -0.121. The summed E-state index contributed by atoms with van der Waals surface area (Å²) >= 11 is 10.7. The summed E-state index contributed by atoms with van der Waals surface area (Å²) in [5, 5.41) is 17.6. The first-order valence-electron chi connectivity index (χ1n) is 5.74. The Balaban J connectivity index is 2.90. The molecule has 1 aromatic rings. The number of hydrogen-bond acceptors (Lipinski definition) is 3. The van der Waals surface area contributed by atoms with Gasteiger partial charge in [0.1, 0.15) is 12.8 Å². The van der Waals surface area contributed by atoms with Gasteiger partial charge in [0, 0.05) is 4.90 Å². The highest BCUT2D eigenvalue weighted by molar-refractivity contribution is 7.98. The normalized spacial score (nSPS) is 17.0. The van der Waals surface area contributed by atoms with Crippen molar-refractivity contribution >= 4 is 44.7 Å². The maximum atomic E-state index is 12.9. The Morgan fingerprint density at radius 2 is 1.95 bits per heavy atom. The Kier molecular flexibility index (Phi) is 6.42. The zero-order valence-electron chi connectivity index (χ0n) is 10.8. The van der Waals surface area contributed by atoms with E-state index in [0.717, 1.165) is 0 Å². The minimum Gasteiger partial charge on any atom is -0.386 e. The van der Waals surface area contributed by atoms with Gasteiger partial charge in [-0.1, -0.05) is 35.3 Å². The van der Waals surface area contributed by atoms with Gasteiger partial charge in [-0.25, -0.2) is 8.60 Å². The third-order valence-electron chi connectivity index (χ3n) is 2.69.